The lowest BCUT2D eigenvalue weighted by atomic mass is 9.95. The minimum absolute atomic E-state index is 0.138. The Morgan fingerprint density at radius 2 is 2.05 bits per heavy atom. The molecule has 2 N–H and O–H groups in total. The van der Waals surface area contributed by atoms with Gasteiger partial charge in [0.2, 0.25) is 0 Å². The van der Waals surface area contributed by atoms with E-state index in [0.29, 0.717) is 6.54 Å². The van der Waals surface area contributed by atoms with Gasteiger partial charge < -0.3 is 10.6 Å². The van der Waals surface area contributed by atoms with Gasteiger partial charge >= 0.3 is 0 Å². The first-order chi connectivity index (χ1) is 10.7. The van der Waals surface area contributed by atoms with Gasteiger partial charge in [0.15, 0.2) is 0 Å². The number of rotatable bonds is 5. The third-order valence-electron chi connectivity index (χ3n) is 4.11. The smallest absolute Gasteiger partial charge is 0.263 e. The lowest BCUT2D eigenvalue weighted by Gasteiger charge is -2.22. The molecule has 0 radical (unpaired) electrons. The van der Waals surface area contributed by atoms with E-state index in [1.807, 2.05) is 37.3 Å². The van der Waals surface area contributed by atoms with Gasteiger partial charge in [0.05, 0.1) is 0 Å². The maximum Gasteiger partial charge on any atom is 0.263 e. The number of carbonyl (C=O) groups excluding carboxylic acids is 1. The van der Waals surface area contributed by atoms with Crippen molar-refractivity contribution >= 4 is 5.91 Å². The van der Waals surface area contributed by atoms with Crippen molar-refractivity contribution in [2.75, 3.05) is 0 Å². The second-order valence-electron chi connectivity index (χ2n) is 5.79. The first kappa shape index (κ1) is 16.1. The number of hydrogen-bond acceptors (Lipinski definition) is 3. The van der Waals surface area contributed by atoms with E-state index in [2.05, 4.69) is 10.6 Å². The van der Waals surface area contributed by atoms with Crippen molar-refractivity contribution in [1.82, 2.24) is 10.6 Å². The monoisotopic (exact) mass is 297 g/mol. The Kier molecular flexibility index (Phi) is 6.02. The van der Waals surface area contributed by atoms with Gasteiger partial charge in [-0.15, -0.1) is 0 Å². The molecule has 116 valence electrons. The number of aryl methyl sites for hydroxylation is 1. The highest BCUT2D eigenvalue weighted by atomic mass is 16.1. The van der Waals surface area contributed by atoms with E-state index in [1.54, 1.807) is 0 Å². The van der Waals surface area contributed by atoms with Gasteiger partial charge in [-0.3, -0.25) is 4.79 Å². The molecule has 4 heteroatoms. The Hall–Kier alpha value is -2.28. The molecule has 1 aliphatic carbocycles. The quantitative estimate of drug-likeness (QED) is 0.648. The highest BCUT2D eigenvalue weighted by Crippen LogP contribution is 2.17. The lowest BCUT2D eigenvalue weighted by molar-refractivity contribution is -0.118. The molecule has 1 aliphatic rings. The third-order valence-corrected chi connectivity index (χ3v) is 4.11. The normalized spacial score (nSPS) is 15.9. The molecule has 0 aromatic heterocycles. The molecule has 0 saturated heterocycles. The molecule has 0 spiro atoms. The van der Waals surface area contributed by atoms with Crippen LogP contribution >= 0.6 is 0 Å². The molecule has 1 saturated carbocycles. The molecule has 1 aromatic rings. The second kappa shape index (κ2) is 8.23. The van der Waals surface area contributed by atoms with E-state index in [-0.39, 0.29) is 17.5 Å². The van der Waals surface area contributed by atoms with Gasteiger partial charge in [0.1, 0.15) is 11.6 Å². The van der Waals surface area contributed by atoms with E-state index < -0.39 is 0 Å². The van der Waals surface area contributed by atoms with Crippen molar-refractivity contribution in [3.63, 3.8) is 0 Å². The number of carbonyl (C=O) groups is 1. The average Bonchev–Trinajstić information content (AvgIpc) is 2.54. The van der Waals surface area contributed by atoms with Crippen molar-refractivity contribution in [3.05, 3.63) is 47.2 Å². The highest BCUT2D eigenvalue weighted by molar-refractivity contribution is 5.97. The summed E-state index contributed by atoms with van der Waals surface area (Å²) < 4.78 is 0. The number of nitrogens with zero attached hydrogens (tertiary/aromatic N) is 1. The van der Waals surface area contributed by atoms with Crippen molar-refractivity contribution in [3.8, 4) is 6.07 Å². The van der Waals surface area contributed by atoms with Gasteiger partial charge in [0, 0.05) is 18.8 Å². The van der Waals surface area contributed by atoms with Gasteiger partial charge in [-0.2, -0.15) is 5.26 Å². The van der Waals surface area contributed by atoms with Gasteiger partial charge in [-0.05, 0) is 30.9 Å². The van der Waals surface area contributed by atoms with Crippen LogP contribution in [0.25, 0.3) is 0 Å². The zero-order valence-corrected chi connectivity index (χ0v) is 13.1. The second-order valence-corrected chi connectivity index (χ2v) is 5.79. The first-order valence-corrected chi connectivity index (χ1v) is 7.89. The lowest BCUT2D eigenvalue weighted by Crippen LogP contribution is -2.37. The van der Waals surface area contributed by atoms with Crippen LogP contribution in [0.1, 0.15) is 43.2 Å². The molecule has 0 heterocycles. The van der Waals surface area contributed by atoms with Crippen molar-refractivity contribution < 1.29 is 4.79 Å². The summed E-state index contributed by atoms with van der Waals surface area (Å²) in [7, 11) is 0. The van der Waals surface area contributed by atoms with Gasteiger partial charge in [-0.1, -0.05) is 43.5 Å². The molecular formula is C18H23N3O. The fourth-order valence-corrected chi connectivity index (χ4v) is 2.73. The molecule has 1 fully saturated rings. The summed E-state index contributed by atoms with van der Waals surface area (Å²) in [6, 6.07) is 10.2. The Bertz CT molecular complexity index is 580. The summed E-state index contributed by atoms with van der Waals surface area (Å²) in [5.41, 5.74) is 2.48. The van der Waals surface area contributed by atoms with Gasteiger partial charge in [0.25, 0.3) is 5.91 Å². The Morgan fingerprint density at radius 1 is 1.32 bits per heavy atom. The SMILES string of the molecule is Cc1ccccc1CN/C=C(/C#N)C(=O)NC1CCCCC1. The molecule has 1 aromatic carbocycles. The zero-order chi connectivity index (χ0) is 15.8. The highest BCUT2D eigenvalue weighted by Gasteiger charge is 2.17. The maximum absolute atomic E-state index is 12.1. The van der Waals surface area contributed by atoms with Crippen molar-refractivity contribution in [1.29, 1.82) is 5.26 Å². The summed E-state index contributed by atoms with van der Waals surface area (Å²) in [5.74, 6) is -0.272. The molecule has 0 unspecified atom stereocenters. The molecule has 0 bridgehead atoms. The van der Waals surface area contributed by atoms with E-state index >= 15 is 0 Å². The van der Waals surface area contributed by atoms with Crippen LogP contribution in [0.15, 0.2) is 36.0 Å². The summed E-state index contributed by atoms with van der Waals surface area (Å²) >= 11 is 0. The largest absolute Gasteiger partial charge is 0.386 e. The van der Waals surface area contributed by atoms with E-state index in [0.717, 1.165) is 31.2 Å². The number of nitriles is 1. The third kappa shape index (κ3) is 4.63. The molecule has 22 heavy (non-hydrogen) atoms. The van der Waals surface area contributed by atoms with Crippen LogP contribution < -0.4 is 10.6 Å². The summed E-state index contributed by atoms with van der Waals surface area (Å²) in [6.07, 6.45) is 7.10. The van der Waals surface area contributed by atoms with Gasteiger partial charge in [-0.25, -0.2) is 0 Å². The summed E-state index contributed by atoms with van der Waals surface area (Å²) in [6.45, 7) is 2.65. The molecule has 0 aliphatic heterocycles. The van der Waals surface area contributed by atoms with E-state index in [9.17, 15) is 4.79 Å². The predicted molar refractivity (Wildman–Crippen MR) is 86.7 cm³/mol. The topological polar surface area (TPSA) is 64.9 Å². The van der Waals surface area contributed by atoms with Crippen LogP contribution in [0, 0.1) is 18.3 Å². The average molecular weight is 297 g/mol. The van der Waals surface area contributed by atoms with Crippen LogP contribution in [-0.2, 0) is 11.3 Å². The molecule has 2 rings (SSSR count). The minimum atomic E-state index is -0.272. The first-order valence-electron chi connectivity index (χ1n) is 7.89. The van der Waals surface area contributed by atoms with Crippen LogP contribution in [0.4, 0.5) is 0 Å². The van der Waals surface area contributed by atoms with Crippen LogP contribution in [0.2, 0.25) is 0 Å². The van der Waals surface area contributed by atoms with Crippen molar-refractivity contribution in [2.24, 2.45) is 0 Å². The van der Waals surface area contributed by atoms with E-state index in [1.165, 1.54) is 18.2 Å². The minimum Gasteiger partial charge on any atom is -0.386 e. The Morgan fingerprint density at radius 3 is 2.73 bits per heavy atom. The number of nitrogens with one attached hydrogen (secondary N) is 2. The van der Waals surface area contributed by atoms with Crippen LogP contribution in [-0.4, -0.2) is 11.9 Å². The van der Waals surface area contributed by atoms with Crippen molar-refractivity contribution in [2.45, 2.75) is 51.6 Å². The number of benzene rings is 1. The predicted octanol–water partition coefficient (Wildman–Crippen LogP) is 2.94. The molecule has 0 atom stereocenters. The summed E-state index contributed by atoms with van der Waals surface area (Å²) in [5, 5.41) is 15.2. The van der Waals surface area contributed by atoms with Crippen LogP contribution in [0.5, 0.6) is 0 Å². The summed E-state index contributed by atoms with van der Waals surface area (Å²) in [4.78, 5) is 12.1. The number of hydrogen-bond donors (Lipinski definition) is 2. The molecule has 1 amide bonds. The fourth-order valence-electron chi connectivity index (χ4n) is 2.73. The number of amides is 1. The standard InChI is InChI=1S/C18H23N3O/c1-14-7-5-6-8-15(14)12-20-13-16(11-19)18(22)21-17-9-3-2-4-10-17/h5-8,13,17,20H,2-4,9-10,12H2,1H3,(H,21,22)/b16-13-. The van der Waals surface area contributed by atoms with Crippen LogP contribution in [0.3, 0.4) is 0 Å². The van der Waals surface area contributed by atoms with E-state index in [4.69, 9.17) is 5.26 Å². The molecular weight excluding hydrogens is 274 g/mol. The maximum atomic E-state index is 12.1. The Balaban J connectivity index is 1.88. The Labute approximate surface area is 132 Å². The fraction of sp³-hybridized carbons (Fsp3) is 0.444. The zero-order valence-electron chi connectivity index (χ0n) is 13.1. The molecule has 4 nitrogen and oxygen atoms in total.